The third kappa shape index (κ3) is 0.601. The zero-order valence-electron chi connectivity index (χ0n) is 10.7. The molecule has 0 unspecified atom stereocenters. The minimum absolute atomic E-state index is 0.410. The standard InChI is InChI=1S/C16H22O/c1-2-12(1)5-7-14-8-6-13(3-4-13)16(12,14)15(10-9-14)11-17-15/h1-11H2/t14?,15-,16?/m0/s1. The summed E-state index contributed by atoms with van der Waals surface area (Å²) in [6, 6.07) is 0. The Balaban J connectivity index is 1.72. The summed E-state index contributed by atoms with van der Waals surface area (Å²) in [5.74, 6) is 0. The third-order valence-electron chi connectivity index (χ3n) is 8.44. The molecule has 0 N–H and O–H groups in total. The van der Waals surface area contributed by atoms with E-state index in [0.717, 1.165) is 22.9 Å². The van der Waals surface area contributed by atoms with Crippen LogP contribution in [-0.4, -0.2) is 12.2 Å². The third-order valence-corrected chi connectivity index (χ3v) is 8.44. The minimum Gasteiger partial charge on any atom is -0.369 e. The fraction of sp³-hybridized carbons (Fsp3) is 1.00. The molecule has 0 amide bonds. The molecule has 1 heterocycles. The van der Waals surface area contributed by atoms with E-state index in [1.54, 1.807) is 51.4 Å². The molecule has 5 aliphatic carbocycles. The van der Waals surface area contributed by atoms with Crippen LogP contribution < -0.4 is 0 Å². The first-order valence-electron chi connectivity index (χ1n) is 7.88. The summed E-state index contributed by atoms with van der Waals surface area (Å²) in [4.78, 5) is 0. The molecular formula is C16H22O. The molecule has 0 aromatic carbocycles. The SMILES string of the molecule is C1CC12CCC13CCC4(CC4)C21[C@]1(CC3)CO1. The molecule has 6 rings (SSSR count). The van der Waals surface area contributed by atoms with Crippen LogP contribution in [0.2, 0.25) is 0 Å². The van der Waals surface area contributed by atoms with Gasteiger partial charge in [-0.3, -0.25) is 0 Å². The highest BCUT2D eigenvalue weighted by Crippen LogP contribution is 2.96. The maximum absolute atomic E-state index is 6.22. The molecule has 0 aromatic rings. The molecule has 1 aliphatic heterocycles. The number of ether oxygens (including phenoxy) is 1. The Hall–Kier alpha value is -0.0400. The van der Waals surface area contributed by atoms with Gasteiger partial charge in [0.15, 0.2) is 0 Å². The molecule has 6 aliphatic rings. The summed E-state index contributed by atoms with van der Waals surface area (Å²) in [5.41, 5.74) is 3.43. The largest absolute Gasteiger partial charge is 0.369 e. The summed E-state index contributed by atoms with van der Waals surface area (Å²) in [6.45, 7) is 1.14. The summed E-state index contributed by atoms with van der Waals surface area (Å²) >= 11 is 0. The molecule has 17 heavy (non-hydrogen) atoms. The molecular weight excluding hydrogens is 208 g/mol. The van der Waals surface area contributed by atoms with Crippen LogP contribution in [0.4, 0.5) is 0 Å². The van der Waals surface area contributed by atoms with E-state index in [1.807, 2.05) is 0 Å². The normalized spacial score (nSPS) is 62.1. The van der Waals surface area contributed by atoms with Gasteiger partial charge < -0.3 is 4.74 Å². The molecule has 0 radical (unpaired) electrons. The fourth-order valence-corrected chi connectivity index (χ4v) is 8.04. The van der Waals surface area contributed by atoms with Gasteiger partial charge in [-0.05, 0) is 80.5 Å². The van der Waals surface area contributed by atoms with Crippen molar-refractivity contribution in [3.63, 3.8) is 0 Å². The van der Waals surface area contributed by atoms with Gasteiger partial charge in [0.1, 0.15) is 0 Å². The highest BCUT2D eigenvalue weighted by atomic mass is 16.6. The first-order valence-corrected chi connectivity index (χ1v) is 7.88. The number of hydrogen-bond donors (Lipinski definition) is 0. The fourth-order valence-electron chi connectivity index (χ4n) is 8.04. The van der Waals surface area contributed by atoms with E-state index in [9.17, 15) is 0 Å². The Kier molecular flexibility index (Phi) is 1.07. The van der Waals surface area contributed by atoms with Crippen molar-refractivity contribution in [2.24, 2.45) is 21.7 Å². The second-order valence-corrected chi connectivity index (χ2v) is 8.37. The maximum Gasteiger partial charge on any atom is 0.0988 e. The maximum atomic E-state index is 6.22. The Bertz CT molecular complexity index is 374. The van der Waals surface area contributed by atoms with Crippen LogP contribution in [-0.2, 0) is 4.74 Å². The quantitative estimate of drug-likeness (QED) is 0.578. The molecule has 1 heteroatoms. The average molecular weight is 230 g/mol. The van der Waals surface area contributed by atoms with Crippen LogP contribution in [0, 0.1) is 21.7 Å². The highest BCUT2D eigenvalue weighted by molar-refractivity contribution is 5.41. The molecule has 3 spiro atoms. The zero-order valence-corrected chi connectivity index (χ0v) is 10.7. The van der Waals surface area contributed by atoms with Crippen LogP contribution in [0.25, 0.3) is 0 Å². The number of hydrogen-bond acceptors (Lipinski definition) is 1. The second-order valence-electron chi connectivity index (χ2n) is 8.37. The average Bonchev–Trinajstić information content (AvgIpc) is 3.18. The number of epoxide rings is 1. The Morgan fingerprint density at radius 3 is 1.24 bits per heavy atom. The summed E-state index contributed by atoms with van der Waals surface area (Å²) in [5, 5.41) is 0. The van der Waals surface area contributed by atoms with E-state index in [-0.39, 0.29) is 0 Å². The van der Waals surface area contributed by atoms with Gasteiger partial charge in [-0.15, -0.1) is 0 Å². The first-order chi connectivity index (χ1) is 8.24. The van der Waals surface area contributed by atoms with Crippen molar-refractivity contribution in [2.75, 3.05) is 6.61 Å². The lowest BCUT2D eigenvalue weighted by Gasteiger charge is -2.47. The van der Waals surface area contributed by atoms with Gasteiger partial charge in [0.05, 0.1) is 12.2 Å². The van der Waals surface area contributed by atoms with Gasteiger partial charge in [0, 0.05) is 5.41 Å². The van der Waals surface area contributed by atoms with Gasteiger partial charge in [0.2, 0.25) is 0 Å². The van der Waals surface area contributed by atoms with Crippen LogP contribution in [0.1, 0.15) is 64.2 Å². The predicted molar refractivity (Wildman–Crippen MR) is 64.6 cm³/mol. The number of rotatable bonds is 0. The predicted octanol–water partition coefficient (Wildman–Crippen LogP) is 3.67. The van der Waals surface area contributed by atoms with Crippen LogP contribution in [0.5, 0.6) is 0 Å². The van der Waals surface area contributed by atoms with Crippen LogP contribution in [0.15, 0.2) is 0 Å². The lowest BCUT2D eigenvalue weighted by atomic mass is 9.55. The van der Waals surface area contributed by atoms with Gasteiger partial charge in [-0.25, -0.2) is 0 Å². The van der Waals surface area contributed by atoms with Crippen LogP contribution >= 0.6 is 0 Å². The van der Waals surface area contributed by atoms with E-state index < -0.39 is 0 Å². The van der Waals surface area contributed by atoms with E-state index in [0.29, 0.717) is 11.0 Å². The molecule has 6 fully saturated rings. The summed E-state index contributed by atoms with van der Waals surface area (Å²) in [6.07, 6.45) is 15.5. The minimum atomic E-state index is 0.410. The van der Waals surface area contributed by atoms with E-state index >= 15 is 0 Å². The smallest absolute Gasteiger partial charge is 0.0988 e. The van der Waals surface area contributed by atoms with E-state index in [1.165, 1.54) is 12.8 Å². The lowest BCUT2D eigenvalue weighted by Crippen LogP contribution is -2.50. The summed E-state index contributed by atoms with van der Waals surface area (Å²) < 4.78 is 6.22. The molecule has 0 aromatic heterocycles. The van der Waals surface area contributed by atoms with Gasteiger partial charge >= 0.3 is 0 Å². The van der Waals surface area contributed by atoms with Gasteiger partial charge in [0.25, 0.3) is 0 Å². The Morgan fingerprint density at radius 1 is 0.529 bits per heavy atom. The van der Waals surface area contributed by atoms with Crippen molar-refractivity contribution in [2.45, 2.75) is 69.8 Å². The first kappa shape index (κ1) is 8.96. The molecule has 1 saturated heterocycles. The van der Waals surface area contributed by atoms with Crippen molar-refractivity contribution in [3.05, 3.63) is 0 Å². The molecule has 92 valence electrons. The molecule has 0 bridgehead atoms. The van der Waals surface area contributed by atoms with E-state index in [2.05, 4.69) is 0 Å². The molecule has 5 saturated carbocycles. The molecule has 1 nitrogen and oxygen atoms in total. The van der Waals surface area contributed by atoms with Crippen molar-refractivity contribution in [1.82, 2.24) is 0 Å². The lowest BCUT2D eigenvalue weighted by molar-refractivity contribution is -0.0382. The Morgan fingerprint density at radius 2 is 0.882 bits per heavy atom. The monoisotopic (exact) mass is 230 g/mol. The second kappa shape index (κ2) is 2.03. The van der Waals surface area contributed by atoms with E-state index in [4.69, 9.17) is 4.74 Å². The molecule has 1 atom stereocenters. The Labute approximate surface area is 103 Å². The topological polar surface area (TPSA) is 12.5 Å². The summed E-state index contributed by atoms with van der Waals surface area (Å²) in [7, 11) is 0. The highest BCUT2D eigenvalue weighted by Gasteiger charge is 2.92. The van der Waals surface area contributed by atoms with Crippen molar-refractivity contribution in [1.29, 1.82) is 0 Å². The van der Waals surface area contributed by atoms with Gasteiger partial charge in [-0.2, -0.15) is 0 Å². The van der Waals surface area contributed by atoms with Crippen molar-refractivity contribution in [3.8, 4) is 0 Å². The van der Waals surface area contributed by atoms with Crippen LogP contribution in [0.3, 0.4) is 0 Å². The van der Waals surface area contributed by atoms with Gasteiger partial charge in [-0.1, -0.05) is 0 Å². The van der Waals surface area contributed by atoms with Crippen molar-refractivity contribution >= 4 is 0 Å². The van der Waals surface area contributed by atoms with Crippen molar-refractivity contribution < 1.29 is 4.74 Å². The zero-order chi connectivity index (χ0) is 11.0.